The van der Waals surface area contributed by atoms with E-state index in [4.69, 9.17) is 9.05 Å². The number of nitrogens with one attached hydrogen (secondary N) is 1. The van der Waals surface area contributed by atoms with Gasteiger partial charge in [-0.15, -0.1) is 0 Å². The first-order chi connectivity index (χ1) is 13.1. The van der Waals surface area contributed by atoms with E-state index in [1.807, 2.05) is 44.2 Å². The molecule has 0 saturated heterocycles. The average molecular weight is 393 g/mol. The molecule has 6 heteroatoms. The van der Waals surface area contributed by atoms with E-state index in [1.54, 1.807) is 18.2 Å². The molecule has 1 unspecified atom stereocenters. The maximum absolute atomic E-state index is 14.6. The van der Waals surface area contributed by atoms with Gasteiger partial charge in [-0.1, -0.05) is 63.1 Å². The first-order valence-corrected chi connectivity index (χ1v) is 11.2. The molecule has 0 aliphatic rings. The van der Waals surface area contributed by atoms with Gasteiger partial charge >= 0.3 is 7.60 Å². The van der Waals surface area contributed by atoms with Gasteiger partial charge in [0.1, 0.15) is 5.82 Å². The smallest absolute Gasteiger partial charge is 0.357 e. The molecular weight excluding hydrogens is 364 g/mol. The van der Waals surface area contributed by atoms with Crippen molar-refractivity contribution in [3.05, 3.63) is 66.0 Å². The van der Waals surface area contributed by atoms with Crippen molar-refractivity contribution in [2.75, 3.05) is 18.5 Å². The number of unbranched alkanes of at least 4 members (excludes halogenated alkanes) is 2. The monoisotopic (exact) mass is 393 g/mol. The molecule has 0 fully saturated rings. The Labute approximate surface area is 161 Å². The number of benzene rings is 2. The Morgan fingerprint density at radius 2 is 1.48 bits per heavy atom. The van der Waals surface area contributed by atoms with Crippen molar-refractivity contribution < 1.29 is 18.0 Å². The summed E-state index contributed by atoms with van der Waals surface area (Å²) in [4.78, 5) is 0. The van der Waals surface area contributed by atoms with Crippen LogP contribution in [0.4, 0.5) is 10.1 Å². The van der Waals surface area contributed by atoms with Crippen LogP contribution in [0.15, 0.2) is 54.6 Å². The fourth-order valence-corrected chi connectivity index (χ4v) is 4.57. The van der Waals surface area contributed by atoms with Gasteiger partial charge in [-0.3, -0.25) is 4.57 Å². The summed E-state index contributed by atoms with van der Waals surface area (Å²) >= 11 is 0. The molecule has 4 nitrogen and oxygen atoms in total. The molecular formula is C21H29FNO3P. The number of rotatable bonds is 12. The van der Waals surface area contributed by atoms with Crippen LogP contribution in [0.25, 0.3) is 0 Å². The first-order valence-electron chi connectivity index (χ1n) is 9.55. The summed E-state index contributed by atoms with van der Waals surface area (Å²) in [5, 5.41) is 3.18. The van der Waals surface area contributed by atoms with Crippen LogP contribution in [0.2, 0.25) is 0 Å². The second-order valence-corrected chi connectivity index (χ2v) is 8.46. The Morgan fingerprint density at radius 1 is 0.926 bits per heavy atom. The van der Waals surface area contributed by atoms with E-state index >= 15 is 0 Å². The van der Waals surface area contributed by atoms with Crippen LogP contribution in [-0.2, 0) is 13.6 Å². The van der Waals surface area contributed by atoms with Crippen molar-refractivity contribution >= 4 is 13.3 Å². The van der Waals surface area contributed by atoms with E-state index in [0.29, 0.717) is 13.2 Å². The van der Waals surface area contributed by atoms with Crippen molar-refractivity contribution in [2.45, 2.75) is 45.3 Å². The largest absolute Gasteiger partial charge is 0.368 e. The summed E-state index contributed by atoms with van der Waals surface area (Å²) in [6.07, 6.45) is 3.34. The van der Waals surface area contributed by atoms with E-state index in [2.05, 4.69) is 5.32 Å². The highest BCUT2D eigenvalue weighted by atomic mass is 31.2. The van der Waals surface area contributed by atoms with Gasteiger partial charge in [0.25, 0.3) is 0 Å². The molecule has 27 heavy (non-hydrogen) atoms. The third-order valence-corrected chi connectivity index (χ3v) is 6.26. The predicted molar refractivity (Wildman–Crippen MR) is 109 cm³/mol. The Kier molecular flexibility index (Phi) is 8.99. The summed E-state index contributed by atoms with van der Waals surface area (Å²) < 4.78 is 39.9. The second-order valence-electron chi connectivity index (χ2n) is 6.35. The van der Waals surface area contributed by atoms with Crippen LogP contribution in [-0.4, -0.2) is 13.2 Å². The fourth-order valence-electron chi connectivity index (χ4n) is 2.57. The standard InChI is InChI=1S/C21H29FNO3P/c1-3-5-16-25-27(24,26-17-6-4-2)21(19-14-10-11-15-20(19)22)23-18-12-8-7-9-13-18/h7-15,21,23H,3-6,16-17H2,1-2H3. The molecule has 2 aromatic carbocycles. The van der Waals surface area contributed by atoms with Crippen LogP contribution in [0, 0.1) is 5.82 Å². The molecule has 0 bridgehead atoms. The predicted octanol–water partition coefficient (Wildman–Crippen LogP) is 6.76. The fraction of sp³-hybridized carbons (Fsp3) is 0.429. The van der Waals surface area contributed by atoms with E-state index < -0.39 is 19.2 Å². The van der Waals surface area contributed by atoms with Crippen molar-refractivity contribution in [3.8, 4) is 0 Å². The average Bonchev–Trinajstić information content (AvgIpc) is 2.68. The van der Waals surface area contributed by atoms with Gasteiger partial charge in [0.05, 0.1) is 13.2 Å². The number of hydrogen-bond donors (Lipinski definition) is 1. The van der Waals surface area contributed by atoms with Crippen molar-refractivity contribution in [2.24, 2.45) is 0 Å². The molecule has 1 atom stereocenters. The van der Waals surface area contributed by atoms with Gasteiger partial charge in [0.15, 0.2) is 5.78 Å². The number of halogens is 1. The maximum Gasteiger partial charge on any atom is 0.357 e. The minimum Gasteiger partial charge on any atom is -0.368 e. The summed E-state index contributed by atoms with van der Waals surface area (Å²) in [6, 6.07) is 15.6. The summed E-state index contributed by atoms with van der Waals surface area (Å²) in [6.45, 7) is 4.67. The molecule has 0 saturated carbocycles. The summed E-state index contributed by atoms with van der Waals surface area (Å²) in [7, 11) is -3.65. The SMILES string of the molecule is CCCCOP(=O)(OCCCC)C(Nc1ccccc1)c1ccccc1F. The third-order valence-electron chi connectivity index (χ3n) is 4.13. The lowest BCUT2D eigenvalue weighted by Gasteiger charge is -2.29. The molecule has 0 amide bonds. The van der Waals surface area contributed by atoms with Crippen LogP contribution >= 0.6 is 7.60 Å². The highest BCUT2D eigenvalue weighted by Gasteiger charge is 2.39. The lowest BCUT2D eigenvalue weighted by atomic mass is 10.2. The Hall–Kier alpha value is -1.68. The topological polar surface area (TPSA) is 47.6 Å². The van der Waals surface area contributed by atoms with E-state index in [1.165, 1.54) is 6.07 Å². The van der Waals surface area contributed by atoms with E-state index in [0.717, 1.165) is 31.4 Å². The molecule has 0 spiro atoms. The zero-order valence-corrected chi connectivity index (χ0v) is 17.0. The third kappa shape index (κ3) is 6.46. The van der Waals surface area contributed by atoms with Crippen LogP contribution in [0.3, 0.4) is 0 Å². The molecule has 2 rings (SSSR count). The molecule has 148 valence electrons. The normalized spacial score (nSPS) is 12.7. The first kappa shape index (κ1) is 21.6. The van der Waals surface area contributed by atoms with Crippen molar-refractivity contribution in [3.63, 3.8) is 0 Å². The van der Waals surface area contributed by atoms with Crippen LogP contribution in [0.1, 0.15) is 50.9 Å². The van der Waals surface area contributed by atoms with E-state index in [9.17, 15) is 8.96 Å². The molecule has 2 aromatic rings. The molecule has 0 radical (unpaired) electrons. The van der Waals surface area contributed by atoms with Crippen molar-refractivity contribution in [1.29, 1.82) is 0 Å². The second kappa shape index (κ2) is 11.2. The summed E-state index contributed by atoms with van der Waals surface area (Å²) in [5.74, 6) is -1.36. The molecule has 0 heterocycles. The number of para-hydroxylation sites is 1. The van der Waals surface area contributed by atoms with Gasteiger partial charge in [-0.2, -0.15) is 0 Å². The highest BCUT2D eigenvalue weighted by Crippen LogP contribution is 2.61. The molecule has 0 aliphatic heterocycles. The van der Waals surface area contributed by atoms with Gasteiger partial charge < -0.3 is 14.4 Å². The zero-order valence-electron chi connectivity index (χ0n) is 16.1. The maximum atomic E-state index is 14.6. The Balaban J connectivity index is 2.38. The molecule has 1 N–H and O–H groups in total. The minimum absolute atomic E-state index is 0.276. The molecule has 0 aliphatic carbocycles. The van der Waals surface area contributed by atoms with Crippen molar-refractivity contribution in [1.82, 2.24) is 0 Å². The van der Waals surface area contributed by atoms with Crippen LogP contribution < -0.4 is 5.32 Å². The molecule has 0 aromatic heterocycles. The van der Waals surface area contributed by atoms with Crippen LogP contribution in [0.5, 0.6) is 0 Å². The Morgan fingerprint density at radius 3 is 2.04 bits per heavy atom. The van der Waals surface area contributed by atoms with Gasteiger partial charge in [-0.05, 0) is 31.0 Å². The van der Waals surface area contributed by atoms with Gasteiger partial charge in [0, 0.05) is 11.3 Å². The van der Waals surface area contributed by atoms with E-state index in [-0.39, 0.29) is 5.56 Å². The number of anilines is 1. The number of hydrogen-bond acceptors (Lipinski definition) is 4. The summed E-state index contributed by atoms with van der Waals surface area (Å²) in [5.41, 5.74) is 1.00. The highest BCUT2D eigenvalue weighted by molar-refractivity contribution is 7.54. The zero-order chi connectivity index (χ0) is 19.5. The minimum atomic E-state index is -3.65. The van der Waals surface area contributed by atoms with Gasteiger partial charge in [0.2, 0.25) is 0 Å². The lowest BCUT2D eigenvalue weighted by molar-refractivity contribution is 0.194. The lowest BCUT2D eigenvalue weighted by Crippen LogP contribution is -2.17. The van der Waals surface area contributed by atoms with Gasteiger partial charge in [-0.25, -0.2) is 4.39 Å². The Bertz CT molecular complexity index is 712. The quantitative estimate of drug-likeness (QED) is 0.320.